The lowest BCUT2D eigenvalue weighted by Crippen LogP contribution is -2.20. The fourth-order valence-electron chi connectivity index (χ4n) is 2.31. The van der Waals surface area contributed by atoms with Crippen molar-refractivity contribution in [3.05, 3.63) is 35.9 Å². The molecule has 0 heterocycles. The maximum absolute atomic E-state index is 12.7. The fraction of sp³-hybridized carbons (Fsp3) is 0.588. The van der Waals surface area contributed by atoms with E-state index in [-0.39, 0.29) is 23.8 Å². The molecule has 0 amide bonds. The van der Waals surface area contributed by atoms with Crippen molar-refractivity contribution in [3.8, 4) is 0 Å². The van der Waals surface area contributed by atoms with Gasteiger partial charge >= 0.3 is 7.60 Å². The quantitative estimate of drug-likeness (QED) is 0.458. The first kappa shape index (κ1) is 19.1. The second-order valence-electron chi connectivity index (χ2n) is 5.63. The molecule has 0 aliphatic heterocycles. The van der Waals surface area contributed by atoms with Crippen LogP contribution in [0.4, 0.5) is 0 Å². The van der Waals surface area contributed by atoms with Gasteiger partial charge in [0.1, 0.15) is 0 Å². The van der Waals surface area contributed by atoms with E-state index in [1.807, 2.05) is 44.2 Å². The summed E-state index contributed by atoms with van der Waals surface area (Å²) in [6.07, 6.45) is 0.636. The summed E-state index contributed by atoms with van der Waals surface area (Å²) in [4.78, 5) is 12.4. The number of hydrogen-bond donors (Lipinski definition) is 0. The van der Waals surface area contributed by atoms with Crippen LogP contribution in [0.15, 0.2) is 30.3 Å². The van der Waals surface area contributed by atoms with Crippen LogP contribution in [0, 0.1) is 11.8 Å². The second-order valence-corrected chi connectivity index (χ2v) is 7.73. The van der Waals surface area contributed by atoms with Crippen LogP contribution in [0.3, 0.4) is 0 Å². The molecule has 0 spiro atoms. The van der Waals surface area contributed by atoms with Crippen LogP contribution in [0.1, 0.15) is 44.5 Å². The zero-order chi connectivity index (χ0) is 16.6. The molecule has 0 aliphatic carbocycles. The molecule has 1 aromatic carbocycles. The molecule has 1 aromatic rings. The van der Waals surface area contributed by atoms with Gasteiger partial charge in [-0.2, -0.15) is 0 Å². The summed E-state index contributed by atoms with van der Waals surface area (Å²) in [7, 11) is -3.13. The Kier molecular flexibility index (Phi) is 8.02. The van der Waals surface area contributed by atoms with E-state index >= 15 is 0 Å². The van der Waals surface area contributed by atoms with E-state index in [9.17, 15) is 9.36 Å². The Balaban J connectivity index is 2.81. The molecule has 0 N–H and O–H groups in total. The van der Waals surface area contributed by atoms with E-state index < -0.39 is 7.60 Å². The lowest BCUT2D eigenvalue weighted by atomic mass is 9.90. The Labute approximate surface area is 133 Å². The van der Waals surface area contributed by atoms with Crippen LogP contribution in [-0.2, 0) is 13.6 Å². The highest BCUT2D eigenvalue weighted by Gasteiger charge is 2.31. The summed E-state index contributed by atoms with van der Waals surface area (Å²) < 4.78 is 23.4. The van der Waals surface area contributed by atoms with Gasteiger partial charge in [0.25, 0.3) is 0 Å². The highest BCUT2D eigenvalue weighted by atomic mass is 31.2. The van der Waals surface area contributed by atoms with Crippen LogP contribution in [-0.4, -0.2) is 25.2 Å². The molecule has 22 heavy (non-hydrogen) atoms. The molecule has 1 atom stereocenters. The van der Waals surface area contributed by atoms with Crippen LogP contribution in [0.5, 0.6) is 0 Å². The topological polar surface area (TPSA) is 52.6 Å². The number of hydrogen-bond acceptors (Lipinski definition) is 4. The Hall–Kier alpha value is -0.960. The van der Waals surface area contributed by atoms with Gasteiger partial charge in [-0.05, 0) is 25.7 Å². The Morgan fingerprint density at radius 3 is 2.09 bits per heavy atom. The smallest absolute Gasteiger partial charge is 0.309 e. The van der Waals surface area contributed by atoms with E-state index in [0.717, 1.165) is 0 Å². The van der Waals surface area contributed by atoms with Crippen molar-refractivity contribution in [2.45, 2.75) is 34.1 Å². The minimum Gasteiger partial charge on any atom is -0.309 e. The lowest BCUT2D eigenvalue weighted by molar-refractivity contribution is 0.0952. The standard InChI is InChI=1S/C17H27O4P/c1-5-20-22(19,21-6-2)13-16(14(3)4)12-17(18)15-10-8-7-9-11-15/h7-11,14,16H,5-6,12-13H2,1-4H3/t16-/m1/s1. The molecule has 124 valence electrons. The summed E-state index contributed by atoms with van der Waals surface area (Å²) in [5, 5.41) is 0. The van der Waals surface area contributed by atoms with Crippen molar-refractivity contribution < 1.29 is 18.4 Å². The number of rotatable bonds is 10. The van der Waals surface area contributed by atoms with Crippen LogP contribution in [0.2, 0.25) is 0 Å². The van der Waals surface area contributed by atoms with Gasteiger partial charge in [0.15, 0.2) is 5.78 Å². The van der Waals surface area contributed by atoms with Crippen LogP contribution < -0.4 is 0 Å². The van der Waals surface area contributed by atoms with E-state index in [4.69, 9.17) is 9.05 Å². The highest BCUT2D eigenvalue weighted by Crippen LogP contribution is 2.51. The van der Waals surface area contributed by atoms with Gasteiger partial charge in [-0.15, -0.1) is 0 Å². The average molecular weight is 326 g/mol. The zero-order valence-electron chi connectivity index (χ0n) is 14.0. The first-order valence-electron chi connectivity index (χ1n) is 7.88. The molecule has 0 unspecified atom stereocenters. The fourth-order valence-corrected chi connectivity index (χ4v) is 4.51. The van der Waals surface area contributed by atoms with Gasteiger partial charge in [-0.25, -0.2) is 0 Å². The maximum atomic E-state index is 12.7. The summed E-state index contributed by atoms with van der Waals surface area (Å²) in [5.41, 5.74) is 0.691. The molecule has 0 radical (unpaired) electrons. The zero-order valence-corrected chi connectivity index (χ0v) is 14.8. The van der Waals surface area contributed by atoms with Crippen molar-refractivity contribution >= 4 is 13.4 Å². The van der Waals surface area contributed by atoms with E-state index in [2.05, 4.69) is 0 Å². The lowest BCUT2D eigenvalue weighted by Gasteiger charge is -2.25. The Morgan fingerprint density at radius 2 is 1.64 bits per heavy atom. The number of ketones is 1. The monoisotopic (exact) mass is 326 g/mol. The van der Waals surface area contributed by atoms with Crippen molar-refractivity contribution in [1.29, 1.82) is 0 Å². The number of benzene rings is 1. The third-order valence-electron chi connectivity index (χ3n) is 3.60. The molecule has 1 rings (SSSR count). The predicted octanol–water partition coefficient (Wildman–Crippen LogP) is 4.80. The van der Waals surface area contributed by atoms with Gasteiger partial charge in [0.05, 0.1) is 19.4 Å². The molecule has 0 aromatic heterocycles. The molecule has 0 saturated heterocycles. The minimum absolute atomic E-state index is 0.0309. The molecule has 4 nitrogen and oxygen atoms in total. The van der Waals surface area contributed by atoms with Crippen molar-refractivity contribution in [3.63, 3.8) is 0 Å². The van der Waals surface area contributed by atoms with Gasteiger partial charge in [0, 0.05) is 12.0 Å². The molecule has 0 saturated carbocycles. The largest absolute Gasteiger partial charge is 0.330 e. The first-order valence-corrected chi connectivity index (χ1v) is 9.61. The molecule has 0 fully saturated rings. The summed E-state index contributed by atoms with van der Waals surface area (Å²) in [6, 6.07) is 9.20. The van der Waals surface area contributed by atoms with Crippen LogP contribution in [0.25, 0.3) is 0 Å². The molecule has 0 bridgehead atoms. The highest BCUT2D eigenvalue weighted by molar-refractivity contribution is 7.53. The number of carbonyl (C=O) groups excluding carboxylic acids is 1. The SMILES string of the molecule is CCOP(=O)(C[C@@H](CC(=O)c1ccccc1)C(C)C)OCC. The third kappa shape index (κ3) is 6.04. The summed E-state index contributed by atoms with van der Waals surface area (Å²) >= 11 is 0. The average Bonchev–Trinajstić information content (AvgIpc) is 2.47. The first-order chi connectivity index (χ1) is 10.4. The van der Waals surface area contributed by atoms with E-state index in [0.29, 0.717) is 25.2 Å². The van der Waals surface area contributed by atoms with Gasteiger partial charge in [0.2, 0.25) is 0 Å². The molecular formula is C17H27O4P. The summed E-state index contributed by atoms with van der Waals surface area (Å²) in [6.45, 7) is 8.34. The van der Waals surface area contributed by atoms with Gasteiger partial charge < -0.3 is 9.05 Å². The Morgan fingerprint density at radius 1 is 1.09 bits per heavy atom. The van der Waals surface area contributed by atoms with Crippen molar-refractivity contribution in [1.82, 2.24) is 0 Å². The molecule has 5 heteroatoms. The second kappa shape index (κ2) is 9.24. The van der Waals surface area contributed by atoms with Crippen LogP contribution >= 0.6 is 7.60 Å². The van der Waals surface area contributed by atoms with Crippen molar-refractivity contribution in [2.24, 2.45) is 11.8 Å². The number of Topliss-reactive ketones (excluding diaryl/α,β-unsaturated/α-hetero) is 1. The van der Waals surface area contributed by atoms with E-state index in [1.54, 1.807) is 13.8 Å². The molecular weight excluding hydrogens is 299 g/mol. The van der Waals surface area contributed by atoms with E-state index in [1.165, 1.54) is 0 Å². The minimum atomic E-state index is -3.13. The summed E-state index contributed by atoms with van der Waals surface area (Å²) in [5.74, 6) is 0.261. The van der Waals surface area contributed by atoms with Gasteiger partial charge in [-0.1, -0.05) is 44.2 Å². The number of carbonyl (C=O) groups is 1. The Bertz CT molecular complexity index is 489. The van der Waals surface area contributed by atoms with Crippen molar-refractivity contribution in [2.75, 3.05) is 19.4 Å². The predicted molar refractivity (Wildman–Crippen MR) is 89.4 cm³/mol. The molecule has 0 aliphatic rings. The van der Waals surface area contributed by atoms with Gasteiger partial charge in [-0.3, -0.25) is 9.36 Å². The normalized spacial score (nSPS) is 13.3. The third-order valence-corrected chi connectivity index (χ3v) is 5.82. The maximum Gasteiger partial charge on any atom is 0.330 e.